The number of benzene rings is 2. The maximum atomic E-state index is 14.9. The summed E-state index contributed by atoms with van der Waals surface area (Å²) in [5.41, 5.74) is 6.97. The predicted molar refractivity (Wildman–Crippen MR) is 180 cm³/mol. The van der Waals surface area contributed by atoms with Gasteiger partial charge in [-0.1, -0.05) is 62.7 Å². The van der Waals surface area contributed by atoms with Crippen LogP contribution in [-0.2, 0) is 19.9 Å². The van der Waals surface area contributed by atoms with Crippen LogP contribution in [0.15, 0.2) is 66.2 Å². The second kappa shape index (κ2) is 13.9. The van der Waals surface area contributed by atoms with Gasteiger partial charge < -0.3 is 10.5 Å². The molecule has 1 fully saturated rings. The number of nitrogens with zero attached hydrogens (tertiary/aromatic N) is 7. The largest absolute Gasteiger partial charge is 0.463 e. The molecule has 0 saturated heterocycles. The number of rotatable bonds is 12. The lowest BCUT2D eigenvalue weighted by atomic mass is 9.75. The Bertz CT molecular complexity index is 1980. The highest BCUT2D eigenvalue weighted by Gasteiger charge is 2.53. The number of aliphatic imine (C=N–C) groups is 1. The van der Waals surface area contributed by atoms with Crippen LogP contribution >= 0.6 is 11.6 Å². The highest BCUT2D eigenvalue weighted by Crippen LogP contribution is 2.45. The number of aromatic nitrogens is 5. The molecule has 1 saturated carbocycles. The molecule has 1 aliphatic heterocycles. The maximum absolute atomic E-state index is 14.9. The number of amides is 1. The molecule has 11 nitrogen and oxygen atoms in total. The van der Waals surface area contributed by atoms with Crippen LogP contribution in [0, 0.1) is 5.41 Å². The van der Waals surface area contributed by atoms with Crippen LogP contribution in [0.25, 0.3) is 16.8 Å². The molecule has 0 radical (unpaired) electrons. The SMILES string of the molecule is CC(C)(C)C[C@]1(c2ccc(-c3cnn(C4CC4)c3)cc2)N=C(N)N([C@H](COC(=O)CCC(F)(F)F)c2ccc(Cl)c(-n3ncnc3C(F)F)c2)C1=O. The number of carbonyl (C=O) groups is 2. The molecule has 6 rings (SSSR count). The lowest BCUT2D eigenvalue weighted by Gasteiger charge is -2.35. The minimum absolute atomic E-state index is 0.00342. The summed E-state index contributed by atoms with van der Waals surface area (Å²) in [5, 5.41) is 8.34. The summed E-state index contributed by atoms with van der Waals surface area (Å²) in [4.78, 5) is 36.9. The molecule has 1 amide bonds. The van der Waals surface area contributed by atoms with E-state index in [9.17, 15) is 31.5 Å². The Kier molecular flexibility index (Phi) is 9.89. The number of alkyl halides is 5. The van der Waals surface area contributed by atoms with Gasteiger partial charge in [-0.05, 0) is 53.5 Å². The third kappa shape index (κ3) is 7.81. The Labute approximate surface area is 300 Å². The van der Waals surface area contributed by atoms with Crippen LogP contribution in [0.5, 0.6) is 0 Å². The second-order valence-corrected chi connectivity index (χ2v) is 14.5. The van der Waals surface area contributed by atoms with E-state index in [1.54, 1.807) is 18.3 Å². The molecule has 17 heteroatoms. The van der Waals surface area contributed by atoms with E-state index in [2.05, 4.69) is 15.2 Å². The number of ether oxygens (including phenoxy) is 1. The van der Waals surface area contributed by atoms with Gasteiger partial charge in [-0.2, -0.15) is 23.4 Å². The standard InChI is InChI=1S/C35H36ClF5N8O3/c1-33(2,3)18-34(23-7-4-20(5-8-23)22-15-44-47(16-22)24-9-10-24)31(51)48(32(42)46-34)27(17-52-28(50)12-13-35(39,40)41)21-6-11-25(36)26(14-21)49-30(29(37)38)43-19-45-49/h4-8,11,14-16,19,24,27,29H,9-10,12-13,17-18H2,1-3H3,(H2,42,46)/t27-,34-/m1/s1. The van der Waals surface area contributed by atoms with Crippen LogP contribution in [0.2, 0.25) is 5.02 Å². The van der Waals surface area contributed by atoms with E-state index in [1.165, 1.54) is 18.2 Å². The average molecular weight is 747 g/mol. The Balaban J connectivity index is 1.39. The van der Waals surface area contributed by atoms with Gasteiger partial charge in [0, 0.05) is 11.8 Å². The quantitative estimate of drug-likeness (QED) is 0.117. The summed E-state index contributed by atoms with van der Waals surface area (Å²) >= 11 is 6.41. The number of carbonyl (C=O) groups excluding carboxylic acids is 2. The third-order valence-corrected chi connectivity index (χ3v) is 9.13. The van der Waals surface area contributed by atoms with Gasteiger partial charge in [-0.3, -0.25) is 19.2 Å². The molecule has 2 atom stereocenters. The Hall–Kier alpha value is -4.86. The van der Waals surface area contributed by atoms with Crippen molar-refractivity contribution in [1.29, 1.82) is 0 Å². The van der Waals surface area contributed by atoms with Crippen molar-refractivity contribution in [3.63, 3.8) is 0 Å². The van der Waals surface area contributed by atoms with Crippen molar-refractivity contribution in [2.45, 2.75) is 83.1 Å². The van der Waals surface area contributed by atoms with Gasteiger partial charge in [0.25, 0.3) is 12.3 Å². The smallest absolute Gasteiger partial charge is 0.389 e. The first-order valence-electron chi connectivity index (χ1n) is 16.5. The molecule has 1 aliphatic carbocycles. The minimum Gasteiger partial charge on any atom is -0.463 e. The third-order valence-electron chi connectivity index (χ3n) is 8.81. The van der Waals surface area contributed by atoms with Gasteiger partial charge in [0.05, 0.1) is 41.8 Å². The number of hydrogen-bond donors (Lipinski definition) is 1. The molecular formula is C35H36ClF5N8O3. The Morgan fingerprint density at radius 2 is 1.79 bits per heavy atom. The van der Waals surface area contributed by atoms with E-state index in [1.807, 2.05) is 43.8 Å². The van der Waals surface area contributed by atoms with E-state index in [-0.39, 0.29) is 28.7 Å². The fourth-order valence-corrected chi connectivity index (χ4v) is 6.53. The average Bonchev–Trinajstić information content (AvgIpc) is 3.48. The van der Waals surface area contributed by atoms with Crippen LogP contribution in [0.4, 0.5) is 22.0 Å². The topological polar surface area (TPSA) is 134 Å². The normalized spacial score (nSPS) is 18.6. The van der Waals surface area contributed by atoms with Crippen molar-refractivity contribution >= 4 is 29.4 Å². The second-order valence-electron chi connectivity index (χ2n) is 14.1. The lowest BCUT2D eigenvalue weighted by Crippen LogP contribution is -2.47. The Morgan fingerprint density at radius 1 is 1.08 bits per heavy atom. The summed E-state index contributed by atoms with van der Waals surface area (Å²) in [6.45, 7) is 5.15. The molecule has 3 heterocycles. The fraction of sp³-hybridized carbons (Fsp3) is 0.429. The number of nitrogens with two attached hydrogens (primary N) is 1. The first kappa shape index (κ1) is 36.9. The zero-order chi connectivity index (χ0) is 37.6. The first-order valence-corrected chi connectivity index (χ1v) is 16.9. The van der Waals surface area contributed by atoms with Crippen molar-refractivity contribution in [3.05, 3.63) is 83.2 Å². The predicted octanol–water partition coefficient (Wildman–Crippen LogP) is 7.47. The molecule has 2 aromatic heterocycles. The highest BCUT2D eigenvalue weighted by atomic mass is 35.5. The summed E-state index contributed by atoms with van der Waals surface area (Å²) in [6, 6.07) is 10.6. The zero-order valence-electron chi connectivity index (χ0n) is 28.4. The number of esters is 1. The lowest BCUT2D eigenvalue weighted by molar-refractivity contribution is -0.158. The Morgan fingerprint density at radius 3 is 2.42 bits per heavy atom. The maximum Gasteiger partial charge on any atom is 0.389 e. The molecule has 4 aromatic rings. The van der Waals surface area contributed by atoms with Crippen molar-refractivity contribution in [2.75, 3.05) is 6.61 Å². The summed E-state index contributed by atoms with van der Waals surface area (Å²) in [5.74, 6) is -2.71. The van der Waals surface area contributed by atoms with E-state index in [4.69, 9.17) is 27.1 Å². The summed E-state index contributed by atoms with van der Waals surface area (Å²) in [7, 11) is 0. The van der Waals surface area contributed by atoms with Gasteiger partial charge in [0.2, 0.25) is 0 Å². The van der Waals surface area contributed by atoms with Gasteiger partial charge in [0.1, 0.15) is 12.9 Å². The molecule has 2 aromatic carbocycles. The molecule has 0 unspecified atom stereocenters. The number of guanidine groups is 1. The van der Waals surface area contributed by atoms with Crippen LogP contribution in [0.1, 0.15) is 88.3 Å². The van der Waals surface area contributed by atoms with Gasteiger partial charge in [-0.25, -0.2) is 23.4 Å². The number of hydrogen-bond acceptors (Lipinski definition) is 8. The van der Waals surface area contributed by atoms with Crippen molar-refractivity contribution in [1.82, 2.24) is 29.4 Å². The summed E-state index contributed by atoms with van der Waals surface area (Å²) < 4.78 is 74.4. The molecule has 2 aliphatic rings. The zero-order valence-corrected chi connectivity index (χ0v) is 29.2. The van der Waals surface area contributed by atoms with Crippen LogP contribution in [-0.4, -0.2) is 60.1 Å². The van der Waals surface area contributed by atoms with Crippen molar-refractivity contribution in [2.24, 2.45) is 16.1 Å². The first-order chi connectivity index (χ1) is 24.5. The van der Waals surface area contributed by atoms with Crippen LogP contribution < -0.4 is 5.73 Å². The van der Waals surface area contributed by atoms with E-state index in [0.717, 1.165) is 39.9 Å². The van der Waals surface area contributed by atoms with E-state index in [0.29, 0.717) is 11.6 Å². The molecule has 2 N–H and O–H groups in total. The monoisotopic (exact) mass is 746 g/mol. The highest BCUT2D eigenvalue weighted by molar-refractivity contribution is 6.32. The molecule has 52 heavy (non-hydrogen) atoms. The van der Waals surface area contributed by atoms with E-state index >= 15 is 0 Å². The molecule has 0 spiro atoms. The van der Waals surface area contributed by atoms with E-state index < -0.39 is 66.7 Å². The number of halogens is 6. The molecule has 0 bridgehead atoms. The van der Waals surface area contributed by atoms with Gasteiger partial charge in [-0.15, -0.1) is 0 Å². The summed E-state index contributed by atoms with van der Waals surface area (Å²) in [6.07, 6.45) is -2.98. The molecular weight excluding hydrogens is 711 g/mol. The molecule has 276 valence electrons. The fourth-order valence-electron chi connectivity index (χ4n) is 6.33. The van der Waals surface area contributed by atoms with Gasteiger partial charge >= 0.3 is 12.1 Å². The minimum atomic E-state index is -4.61. The van der Waals surface area contributed by atoms with Crippen molar-refractivity contribution < 1.29 is 36.3 Å². The van der Waals surface area contributed by atoms with Gasteiger partial charge in [0.15, 0.2) is 17.3 Å². The van der Waals surface area contributed by atoms with Crippen LogP contribution in [0.3, 0.4) is 0 Å². The van der Waals surface area contributed by atoms with Crippen molar-refractivity contribution in [3.8, 4) is 16.8 Å².